The number of hydrogen-bond donors (Lipinski definition) is 0. The van der Waals surface area contributed by atoms with Gasteiger partial charge in [-0.2, -0.15) is 0 Å². The molecule has 0 radical (unpaired) electrons. The monoisotopic (exact) mass is 269 g/mol. The minimum absolute atomic E-state index is 1.01. The zero-order valence-corrected chi connectivity index (χ0v) is 11.2. The van der Waals surface area contributed by atoms with Crippen LogP contribution in [-0.4, -0.2) is 0 Å². The molecule has 1 heterocycles. The third-order valence-corrected chi connectivity index (χ3v) is 4.82. The van der Waals surface area contributed by atoms with Crippen LogP contribution in [0.3, 0.4) is 0 Å². The van der Waals surface area contributed by atoms with Crippen molar-refractivity contribution in [1.82, 2.24) is 0 Å². The molecule has 0 aliphatic heterocycles. The van der Waals surface area contributed by atoms with Gasteiger partial charge in [-0.05, 0) is 23.8 Å². The lowest BCUT2D eigenvalue weighted by Crippen LogP contribution is -1.88. The fraction of sp³-hybridized carbons (Fsp3) is 0. The van der Waals surface area contributed by atoms with Crippen molar-refractivity contribution >= 4 is 26.4 Å². The molecule has 0 bridgehead atoms. The van der Waals surface area contributed by atoms with Crippen molar-refractivity contribution in [3.8, 4) is 10.4 Å². The van der Waals surface area contributed by atoms with Gasteiger partial charge in [0.2, 0.25) is 0 Å². The van der Waals surface area contributed by atoms with Crippen molar-refractivity contribution in [2.24, 2.45) is 4.99 Å². The van der Waals surface area contributed by atoms with Crippen LogP contribution in [0.5, 0.6) is 0 Å². The lowest BCUT2D eigenvalue weighted by molar-refractivity contribution is 1.41. The van der Waals surface area contributed by atoms with E-state index in [1.165, 1.54) is 10.4 Å². The van der Waals surface area contributed by atoms with Crippen LogP contribution in [0.4, 0.5) is 5.69 Å². The van der Waals surface area contributed by atoms with Crippen molar-refractivity contribution in [2.45, 2.75) is 0 Å². The Morgan fingerprint density at radius 2 is 1.39 bits per heavy atom. The van der Waals surface area contributed by atoms with Gasteiger partial charge >= 0.3 is 0 Å². The second kappa shape index (κ2) is 5.29. The molecule has 0 atom stereocenters. The van der Waals surface area contributed by atoms with Crippen LogP contribution in [-0.2, 0) is 0 Å². The molecule has 3 aromatic rings. The largest absolute Gasteiger partial charge is 0.237 e. The summed E-state index contributed by atoms with van der Waals surface area (Å²) >= 11 is 0. The first-order chi connectivity index (χ1) is 8.92. The summed E-state index contributed by atoms with van der Waals surface area (Å²) in [5.74, 6) is 0. The van der Waals surface area contributed by atoms with Crippen LogP contribution in [0.1, 0.15) is 0 Å². The highest BCUT2D eigenvalue weighted by atomic mass is 32.9. The number of para-hydroxylation sites is 1. The van der Waals surface area contributed by atoms with Crippen LogP contribution in [0, 0.1) is 0 Å². The molecule has 0 N–H and O–H groups in total. The summed E-state index contributed by atoms with van der Waals surface area (Å²) in [6.45, 7) is 0. The van der Waals surface area contributed by atoms with E-state index in [0.29, 0.717) is 0 Å². The maximum atomic E-state index is 4.62. The van der Waals surface area contributed by atoms with Crippen LogP contribution in [0.15, 0.2) is 71.7 Å². The van der Waals surface area contributed by atoms with Gasteiger partial charge < -0.3 is 0 Å². The molecule has 3 heteroatoms. The average Bonchev–Trinajstić information content (AvgIpc) is 2.89. The van der Waals surface area contributed by atoms with Gasteiger partial charge in [-0.25, -0.2) is 4.99 Å². The first kappa shape index (κ1) is 11.4. The number of hydrogen-bond acceptors (Lipinski definition) is 3. The topological polar surface area (TPSA) is 12.4 Å². The Labute approximate surface area is 113 Å². The third-order valence-electron chi connectivity index (χ3n) is 2.53. The van der Waals surface area contributed by atoms with Gasteiger partial charge in [0, 0.05) is 4.88 Å². The van der Waals surface area contributed by atoms with Gasteiger partial charge in [0.25, 0.3) is 0 Å². The first-order valence-electron chi connectivity index (χ1n) is 5.67. The summed E-state index contributed by atoms with van der Waals surface area (Å²) < 4.78 is 1.06. The molecule has 0 spiro atoms. The van der Waals surface area contributed by atoms with E-state index < -0.39 is 0 Å². The zero-order valence-electron chi connectivity index (χ0n) is 9.61. The van der Waals surface area contributed by atoms with Crippen molar-refractivity contribution in [2.75, 3.05) is 0 Å². The van der Waals surface area contributed by atoms with Gasteiger partial charge in [-0.3, -0.25) is 0 Å². The molecule has 0 fully saturated rings. The quantitative estimate of drug-likeness (QED) is 0.597. The van der Waals surface area contributed by atoms with Crippen LogP contribution < -0.4 is 4.67 Å². The molecule has 3 rings (SSSR count). The van der Waals surface area contributed by atoms with E-state index in [4.69, 9.17) is 0 Å². The van der Waals surface area contributed by atoms with Gasteiger partial charge in [0.15, 0.2) is 0 Å². The van der Waals surface area contributed by atoms with Gasteiger partial charge in [-0.1, -0.05) is 69.2 Å². The summed E-state index contributed by atoms with van der Waals surface area (Å²) in [4.78, 5) is 5.89. The normalized spacial score (nSPS) is 11.7. The lowest BCUT2D eigenvalue weighted by atomic mass is 10.2. The first-order valence-corrected chi connectivity index (χ1v) is 7.82. The van der Waals surface area contributed by atoms with Gasteiger partial charge in [-0.15, -0.1) is 0 Å². The van der Waals surface area contributed by atoms with Gasteiger partial charge in [0.05, 0.1) is 5.69 Å². The zero-order chi connectivity index (χ0) is 12.2. The summed E-state index contributed by atoms with van der Waals surface area (Å²) in [6.07, 6.45) is 0. The van der Waals surface area contributed by atoms with Gasteiger partial charge in [0.1, 0.15) is 4.67 Å². The van der Waals surface area contributed by atoms with E-state index in [1.807, 2.05) is 36.4 Å². The van der Waals surface area contributed by atoms with E-state index in [2.05, 4.69) is 35.3 Å². The minimum atomic E-state index is 1.01. The Bertz CT molecular complexity index is 681. The lowest BCUT2D eigenvalue weighted by Gasteiger charge is -1.92. The van der Waals surface area contributed by atoms with Crippen LogP contribution in [0.2, 0.25) is 0 Å². The number of benzene rings is 2. The standard InChI is InChI=1S/C15H11NS2/c1-3-7-12(8-4-1)14-11-15(18-17-14)16-13-9-5-2-6-10-13/h1-11H. The molecule has 0 saturated carbocycles. The highest BCUT2D eigenvalue weighted by Gasteiger charge is 1.99. The molecule has 0 aliphatic carbocycles. The molecule has 0 saturated heterocycles. The molecule has 18 heavy (non-hydrogen) atoms. The molecule has 1 nitrogen and oxygen atoms in total. The minimum Gasteiger partial charge on any atom is -0.237 e. The summed E-state index contributed by atoms with van der Waals surface area (Å²) in [7, 11) is 3.48. The maximum absolute atomic E-state index is 4.62. The van der Waals surface area contributed by atoms with Crippen molar-refractivity contribution in [3.63, 3.8) is 0 Å². The predicted molar refractivity (Wildman–Crippen MR) is 79.3 cm³/mol. The Balaban J connectivity index is 1.98. The smallest absolute Gasteiger partial charge is 0.128 e. The van der Waals surface area contributed by atoms with E-state index >= 15 is 0 Å². The molecule has 0 aliphatic rings. The molecule has 0 unspecified atom stereocenters. The Hall–Kier alpha value is -1.71. The average molecular weight is 269 g/mol. The fourth-order valence-electron chi connectivity index (χ4n) is 1.66. The van der Waals surface area contributed by atoms with Crippen LogP contribution >= 0.6 is 20.7 Å². The number of nitrogens with zero attached hydrogens (tertiary/aromatic N) is 1. The molecule has 1 aromatic heterocycles. The molecule has 0 amide bonds. The van der Waals surface area contributed by atoms with Crippen molar-refractivity contribution in [1.29, 1.82) is 0 Å². The van der Waals surface area contributed by atoms with E-state index in [9.17, 15) is 0 Å². The Morgan fingerprint density at radius 3 is 2.11 bits per heavy atom. The highest BCUT2D eigenvalue weighted by molar-refractivity contribution is 7.69. The summed E-state index contributed by atoms with van der Waals surface area (Å²) in [5.41, 5.74) is 2.26. The van der Waals surface area contributed by atoms with E-state index in [1.54, 1.807) is 20.7 Å². The Morgan fingerprint density at radius 1 is 0.722 bits per heavy atom. The van der Waals surface area contributed by atoms with Crippen molar-refractivity contribution < 1.29 is 0 Å². The van der Waals surface area contributed by atoms with E-state index in [-0.39, 0.29) is 0 Å². The third kappa shape index (κ3) is 2.58. The molecular formula is C15H11NS2. The van der Waals surface area contributed by atoms with Crippen molar-refractivity contribution in [3.05, 3.63) is 71.4 Å². The van der Waals surface area contributed by atoms with E-state index in [0.717, 1.165) is 10.4 Å². The molecular weight excluding hydrogens is 258 g/mol. The van der Waals surface area contributed by atoms with Crippen LogP contribution in [0.25, 0.3) is 10.4 Å². The fourth-order valence-corrected chi connectivity index (χ4v) is 3.83. The SMILES string of the molecule is c1ccc(N=c2cc(-c3ccccc3)ss2)cc1. The second-order valence-electron chi connectivity index (χ2n) is 3.83. The maximum Gasteiger partial charge on any atom is 0.128 e. The molecule has 2 aromatic carbocycles. The summed E-state index contributed by atoms with van der Waals surface area (Å²) in [6, 6.07) is 22.6. The summed E-state index contributed by atoms with van der Waals surface area (Å²) in [5, 5.41) is 0. The Kier molecular flexibility index (Phi) is 3.35. The predicted octanol–water partition coefficient (Wildman–Crippen LogP) is 4.71. The molecule has 88 valence electrons. The highest BCUT2D eigenvalue weighted by Crippen LogP contribution is 2.25. The second-order valence-corrected chi connectivity index (χ2v) is 6.02. The number of rotatable bonds is 2.